The van der Waals surface area contributed by atoms with Crippen molar-refractivity contribution in [2.45, 2.75) is 52.4 Å². The summed E-state index contributed by atoms with van der Waals surface area (Å²) in [7, 11) is 0. The van der Waals surface area contributed by atoms with Crippen molar-refractivity contribution in [1.82, 2.24) is 10.6 Å². The highest BCUT2D eigenvalue weighted by Gasteiger charge is 2.16. The molecule has 0 bridgehead atoms. The van der Waals surface area contributed by atoms with Crippen molar-refractivity contribution in [2.75, 3.05) is 11.9 Å². The molecule has 0 aliphatic rings. The molecule has 0 radical (unpaired) electrons. The second-order valence-electron chi connectivity index (χ2n) is 8.40. The van der Waals surface area contributed by atoms with Crippen molar-refractivity contribution < 1.29 is 29.0 Å². The van der Waals surface area contributed by atoms with Crippen LogP contribution in [0, 0.1) is 0 Å². The molecule has 2 aromatic carbocycles. The number of nitrogens with one attached hydrogen (secondary N) is 3. The lowest BCUT2D eigenvalue weighted by atomic mass is 10.2. The second kappa shape index (κ2) is 11.8. The number of carbonyl (C=O) groups is 3. The molecule has 0 aromatic heterocycles. The molecule has 2 aromatic rings. The number of phenols is 1. The molecule has 3 amide bonds. The molecule has 0 heterocycles. The van der Waals surface area contributed by atoms with Gasteiger partial charge in [-0.15, -0.1) is 0 Å². The van der Waals surface area contributed by atoms with Crippen LogP contribution in [0.25, 0.3) is 0 Å². The summed E-state index contributed by atoms with van der Waals surface area (Å²) in [4.78, 5) is 36.0. The minimum atomic E-state index is -0.754. The van der Waals surface area contributed by atoms with E-state index in [2.05, 4.69) is 16.0 Å². The lowest BCUT2D eigenvalue weighted by Gasteiger charge is -2.19. The van der Waals surface area contributed by atoms with Gasteiger partial charge in [0.2, 0.25) is 5.91 Å². The Labute approximate surface area is 193 Å². The molecule has 2 rings (SSSR count). The molecule has 178 valence electrons. The van der Waals surface area contributed by atoms with E-state index in [4.69, 9.17) is 9.47 Å². The van der Waals surface area contributed by atoms with Crippen LogP contribution in [-0.2, 0) is 20.9 Å². The molecule has 0 spiro atoms. The van der Waals surface area contributed by atoms with Crippen LogP contribution >= 0.6 is 0 Å². The third kappa shape index (κ3) is 9.94. The molecule has 1 atom stereocenters. The lowest BCUT2D eigenvalue weighted by molar-refractivity contribution is -0.122. The van der Waals surface area contributed by atoms with Crippen LogP contribution < -0.4 is 20.7 Å². The van der Waals surface area contributed by atoms with Gasteiger partial charge in [-0.3, -0.25) is 9.59 Å². The molecule has 0 saturated heterocycles. The number of carbonyl (C=O) groups excluding carboxylic acids is 3. The van der Waals surface area contributed by atoms with Gasteiger partial charge in [0, 0.05) is 25.2 Å². The number of alkyl carbamates (subject to hydrolysis) is 1. The largest absolute Gasteiger partial charge is 0.508 e. The van der Waals surface area contributed by atoms with Gasteiger partial charge in [0.05, 0.1) is 0 Å². The molecule has 1 unspecified atom stereocenters. The van der Waals surface area contributed by atoms with E-state index in [1.165, 1.54) is 12.1 Å². The Morgan fingerprint density at radius 2 is 1.73 bits per heavy atom. The van der Waals surface area contributed by atoms with E-state index in [1.807, 2.05) is 6.07 Å². The molecular formula is C24H31N3O6. The first-order valence-electron chi connectivity index (χ1n) is 10.6. The number of phenolic OH excluding ortho intramolecular Hbond substituents is 1. The number of hydrogen-bond acceptors (Lipinski definition) is 6. The van der Waals surface area contributed by atoms with Crippen molar-refractivity contribution in [3.8, 4) is 11.5 Å². The molecule has 0 aliphatic carbocycles. The van der Waals surface area contributed by atoms with Crippen LogP contribution in [0.1, 0.15) is 39.7 Å². The highest BCUT2D eigenvalue weighted by Crippen LogP contribution is 2.18. The fourth-order valence-corrected chi connectivity index (χ4v) is 2.67. The predicted molar refractivity (Wildman–Crippen MR) is 124 cm³/mol. The Morgan fingerprint density at radius 3 is 2.39 bits per heavy atom. The number of hydrogen-bond donors (Lipinski definition) is 4. The predicted octanol–water partition coefficient (Wildman–Crippen LogP) is 3.33. The molecule has 33 heavy (non-hydrogen) atoms. The van der Waals surface area contributed by atoms with Gasteiger partial charge in [-0.2, -0.15) is 0 Å². The zero-order valence-electron chi connectivity index (χ0n) is 19.3. The first-order valence-corrected chi connectivity index (χ1v) is 10.6. The normalized spacial score (nSPS) is 11.8. The van der Waals surface area contributed by atoms with Crippen LogP contribution in [-0.4, -0.2) is 41.3 Å². The van der Waals surface area contributed by atoms with Gasteiger partial charge in [0.25, 0.3) is 5.91 Å². The van der Waals surface area contributed by atoms with E-state index in [0.717, 1.165) is 5.56 Å². The molecule has 0 saturated carbocycles. The minimum absolute atomic E-state index is 0.113. The molecule has 0 fully saturated rings. The maximum absolute atomic E-state index is 12.4. The molecule has 4 N–H and O–H groups in total. The third-order valence-corrected chi connectivity index (χ3v) is 4.22. The average molecular weight is 458 g/mol. The maximum Gasteiger partial charge on any atom is 0.407 e. The maximum atomic E-state index is 12.4. The average Bonchev–Trinajstić information content (AvgIpc) is 2.73. The van der Waals surface area contributed by atoms with Crippen molar-refractivity contribution in [3.63, 3.8) is 0 Å². The quantitative estimate of drug-likeness (QED) is 0.458. The van der Waals surface area contributed by atoms with Gasteiger partial charge in [-0.1, -0.05) is 12.1 Å². The van der Waals surface area contributed by atoms with Crippen molar-refractivity contribution >= 4 is 23.6 Å². The molecule has 9 nitrogen and oxygen atoms in total. The summed E-state index contributed by atoms with van der Waals surface area (Å²) in [6.07, 6.45) is -1.21. The summed E-state index contributed by atoms with van der Waals surface area (Å²) < 4.78 is 10.7. The Morgan fingerprint density at radius 1 is 1.03 bits per heavy atom. The lowest BCUT2D eigenvalue weighted by Crippen LogP contribution is -2.35. The number of amides is 3. The zero-order chi connectivity index (χ0) is 24.4. The van der Waals surface area contributed by atoms with Gasteiger partial charge < -0.3 is 30.5 Å². The minimum Gasteiger partial charge on any atom is -0.508 e. The summed E-state index contributed by atoms with van der Waals surface area (Å²) in [6.45, 7) is 7.35. The third-order valence-electron chi connectivity index (χ3n) is 4.22. The number of anilines is 1. The van der Waals surface area contributed by atoms with Crippen LogP contribution in [0.3, 0.4) is 0 Å². The standard InChI is InChI=1S/C24H31N3O6/c1-16(32-20-10-8-19(28)9-11-20)22(30)27-18-7-5-6-17(14-18)15-26-21(29)12-13-25-23(31)33-24(2,3)4/h5-11,14,16,28H,12-13,15H2,1-4H3,(H,25,31)(H,26,29)(H,27,30). The smallest absolute Gasteiger partial charge is 0.407 e. The Balaban J connectivity index is 1.77. The molecule has 9 heteroatoms. The highest BCUT2D eigenvalue weighted by molar-refractivity contribution is 5.94. The van der Waals surface area contributed by atoms with Gasteiger partial charge in [-0.05, 0) is 69.7 Å². The summed E-state index contributed by atoms with van der Waals surface area (Å²) in [5.74, 6) is 0.0182. The summed E-state index contributed by atoms with van der Waals surface area (Å²) >= 11 is 0. The van der Waals surface area contributed by atoms with Crippen molar-refractivity contribution in [1.29, 1.82) is 0 Å². The van der Waals surface area contributed by atoms with Gasteiger partial charge >= 0.3 is 6.09 Å². The summed E-state index contributed by atoms with van der Waals surface area (Å²) in [5, 5.41) is 17.4. The van der Waals surface area contributed by atoms with E-state index in [1.54, 1.807) is 58.0 Å². The van der Waals surface area contributed by atoms with E-state index >= 15 is 0 Å². The van der Waals surface area contributed by atoms with Gasteiger partial charge in [0.1, 0.15) is 17.1 Å². The fourth-order valence-electron chi connectivity index (χ4n) is 2.67. The van der Waals surface area contributed by atoms with Crippen LogP contribution in [0.5, 0.6) is 11.5 Å². The van der Waals surface area contributed by atoms with E-state index in [9.17, 15) is 19.5 Å². The summed E-state index contributed by atoms with van der Waals surface area (Å²) in [5.41, 5.74) is 0.773. The fraction of sp³-hybridized carbons (Fsp3) is 0.375. The Kier molecular flexibility index (Phi) is 9.08. The van der Waals surface area contributed by atoms with Crippen LogP contribution in [0.15, 0.2) is 48.5 Å². The first-order chi connectivity index (χ1) is 15.5. The van der Waals surface area contributed by atoms with Crippen LogP contribution in [0.4, 0.5) is 10.5 Å². The Hall–Kier alpha value is -3.75. The molecular weight excluding hydrogens is 426 g/mol. The van der Waals surface area contributed by atoms with Gasteiger partial charge in [-0.25, -0.2) is 4.79 Å². The second-order valence-corrected chi connectivity index (χ2v) is 8.40. The highest BCUT2D eigenvalue weighted by atomic mass is 16.6. The van der Waals surface area contributed by atoms with E-state index in [-0.39, 0.29) is 37.1 Å². The monoisotopic (exact) mass is 457 g/mol. The first kappa shape index (κ1) is 25.5. The number of ether oxygens (including phenoxy) is 2. The van der Waals surface area contributed by atoms with Crippen LogP contribution in [0.2, 0.25) is 0 Å². The molecule has 0 aliphatic heterocycles. The van der Waals surface area contributed by atoms with E-state index < -0.39 is 17.8 Å². The SMILES string of the molecule is CC(Oc1ccc(O)cc1)C(=O)Nc1cccc(CNC(=O)CCNC(=O)OC(C)(C)C)c1. The Bertz CT molecular complexity index is 953. The number of aromatic hydroxyl groups is 1. The van der Waals surface area contributed by atoms with E-state index in [0.29, 0.717) is 11.4 Å². The van der Waals surface area contributed by atoms with Gasteiger partial charge in [0.15, 0.2) is 6.10 Å². The zero-order valence-corrected chi connectivity index (χ0v) is 19.3. The van der Waals surface area contributed by atoms with Crippen molar-refractivity contribution in [3.05, 3.63) is 54.1 Å². The number of rotatable bonds is 9. The number of benzene rings is 2. The topological polar surface area (TPSA) is 126 Å². The summed E-state index contributed by atoms with van der Waals surface area (Å²) in [6, 6.07) is 13.2. The van der Waals surface area contributed by atoms with Crippen molar-refractivity contribution in [2.24, 2.45) is 0 Å².